The van der Waals surface area contributed by atoms with Crippen LogP contribution in [0.25, 0.3) is 5.70 Å². The van der Waals surface area contributed by atoms with Gasteiger partial charge in [0.15, 0.2) is 11.5 Å². The Morgan fingerprint density at radius 3 is 2.16 bits per heavy atom. The molecule has 1 amide bonds. The SMILES string of the molecule is C=C(NNC(=O)c1ccc(OCc2ccc(Cl)cc2)cc1)c1ccc(OC)c(OC)c1. The van der Waals surface area contributed by atoms with Crippen molar-refractivity contribution in [2.45, 2.75) is 6.61 Å². The molecule has 31 heavy (non-hydrogen) atoms. The van der Waals surface area contributed by atoms with E-state index in [4.69, 9.17) is 25.8 Å². The van der Waals surface area contributed by atoms with Crippen LogP contribution in [-0.4, -0.2) is 20.1 Å². The van der Waals surface area contributed by atoms with Crippen molar-refractivity contribution in [3.8, 4) is 17.2 Å². The molecule has 0 radical (unpaired) electrons. The number of nitrogens with one attached hydrogen (secondary N) is 2. The molecule has 0 bridgehead atoms. The second-order valence-electron chi connectivity index (χ2n) is 6.57. The zero-order valence-corrected chi connectivity index (χ0v) is 18.0. The van der Waals surface area contributed by atoms with E-state index in [1.165, 1.54) is 0 Å². The Labute approximate surface area is 186 Å². The Morgan fingerprint density at radius 1 is 0.871 bits per heavy atom. The number of rotatable bonds is 9. The van der Waals surface area contributed by atoms with Gasteiger partial charge >= 0.3 is 0 Å². The van der Waals surface area contributed by atoms with Gasteiger partial charge in [-0.1, -0.05) is 30.3 Å². The topological polar surface area (TPSA) is 68.8 Å². The van der Waals surface area contributed by atoms with Gasteiger partial charge < -0.3 is 14.2 Å². The molecule has 0 aliphatic rings. The van der Waals surface area contributed by atoms with Crippen LogP contribution in [0, 0.1) is 0 Å². The first-order chi connectivity index (χ1) is 15.0. The molecule has 0 spiro atoms. The van der Waals surface area contributed by atoms with Gasteiger partial charge in [0.05, 0.1) is 19.9 Å². The minimum Gasteiger partial charge on any atom is -0.493 e. The molecule has 0 saturated carbocycles. The summed E-state index contributed by atoms with van der Waals surface area (Å²) in [4.78, 5) is 12.4. The van der Waals surface area contributed by atoms with Crippen LogP contribution in [-0.2, 0) is 6.61 Å². The molecule has 0 saturated heterocycles. The van der Waals surface area contributed by atoms with Gasteiger partial charge in [0.2, 0.25) is 0 Å². The molecule has 0 aliphatic carbocycles. The molecule has 0 atom stereocenters. The molecule has 160 valence electrons. The molecule has 6 nitrogen and oxygen atoms in total. The van der Waals surface area contributed by atoms with E-state index in [9.17, 15) is 4.79 Å². The van der Waals surface area contributed by atoms with Crippen molar-refractivity contribution >= 4 is 23.2 Å². The molecule has 0 aliphatic heterocycles. The zero-order valence-electron chi connectivity index (χ0n) is 17.3. The van der Waals surface area contributed by atoms with Crippen molar-refractivity contribution in [3.05, 3.63) is 95.0 Å². The van der Waals surface area contributed by atoms with Gasteiger partial charge in [-0.3, -0.25) is 15.6 Å². The van der Waals surface area contributed by atoms with Crippen molar-refractivity contribution < 1.29 is 19.0 Å². The van der Waals surface area contributed by atoms with Crippen LogP contribution >= 0.6 is 11.6 Å². The highest BCUT2D eigenvalue weighted by Gasteiger charge is 2.09. The number of ether oxygens (including phenoxy) is 3. The van der Waals surface area contributed by atoms with Crippen molar-refractivity contribution in [1.29, 1.82) is 0 Å². The highest BCUT2D eigenvalue weighted by molar-refractivity contribution is 6.30. The van der Waals surface area contributed by atoms with Gasteiger partial charge in [0, 0.05) is 16.1 Å². The number of carbonyl (C=O) groups excluding carboxylic acids is 1. The standard InChI is InChI=1S/C24H23ClN2O4/c1-16(19-8-13-22(29-2)23(14-19)30-3)26-27-24(28)18-6-11-21(12-7-18)31-15-17-4-9-20(25)10-5-17/h4-14,26H,1,15H2,2-3H3,(H,27,28). The molecule has 0 unspecified atom stereocenters. The number of carbonyl (C=O) groups is 1. The predicted molar refractivity (Wildman–Crippen MR) is 121 cm³/mol. The monoisotopic (exact) mass is 438 g/mol. The summed E-state index contributed by atoms with van der Waals surface area (Å²) in [6.45, 7) is 4.36. The van der Waals surface area contributed by atoms with E-state index >= 15 is 0 Å². The van der Waals surface area contributed by atoms with Gasteiger partial charge in [0.1, 0.15) is 12.4 Å². The van der Waals surface area contributed by atoms with Crippen LogP contribution in [0.2, 0.25) is 5.02 Å². The van der Waals surface area contributed by atoms with Gasteiger partial charge in [-0.2, -0.15) is 0 Å². The molecular weight excluding hydrogens is 416 g/mol. The minimum absolute atomic E-state index is 0.300. The minimum atomic E-state index is -0.300. The lowest BCUT2D eigenvalue weighted by Crippen LogP contribution is -2.35. The fraction of sp³-hybridized carbons (Fsp3) is 0.125. The van der Waals surface area contributed by atoms with Crippen LogP contribution in [0.3, 0.4) is 0 Å². The maximum Gasteiger partial charge on any atom is 0.269 e. The smallest absolute Gasteiger partial charge is 0.269 e. The molecule has 3 aromatic carbocycles. The fourth-order valence-electron chi connectivity index (χ4n) is 2.75. The third-order valence-electron chi connectivity index (χ3n) is 4.49. The lowest BCUT2D eigenvalue weighted by Gasteiger charge is -2.14. The maximum absolute atomic E-state index is 12.4. The molecule has 7 heteroatoms. The molecule has 2 N–H and O–H groups in total. The lowest BCUT2D eigenvalue weighted by atomic mass is 10.1. The van der Waals surface area contributed by atoms with Gasteiger partial charge in [0.25, 0.3) is 5.91 Å². The Hall–Kier alpha value is -3.64. The van der Waals surface area contributed by atoms with E-state index in [-0.39, 0.29) is 5.91 Å². The summed E-state index contributed by atoms with van der Waals surface area (Å²) in [5, 5.41) is 0.682. The van der Waals surface area contributed by atoms with Crippen LogP contribution in [0.5, 0.6) is 17.2 Å². The highest BCUT2D eigenvalue weighted by Crippen LogP contribution is 2.29. The number of hydrogen-bond donors (Lipinski definition) is 2. The number of hydrazine groups is 1. The summed E-state index contributed by atoms with van der Waals surface area (Å²) in [6.07, 6.45) is 0. The second kappa shape index (κ2) is 10.4. The summed E-state index contributed by atoms with van der Waals surface area (Å²) in [5.41, 5.74) is 8.20. The van der Waals surface area contributed by atoms with E-state index in [0.717, 1.165) is 11.1 Å². The predicted octanol–water partition coefficient (Wildman–Crippen LogP) is 4.84. The summed E-state index contributed by atoms with van der Waals surface area (Å²) >= 11 is 5.88. The number of hydrogen-bond acceptors (Lipinski definition) is 5. The third-order valence-corrected chi connectivity index (χ3v) is 4.75. The average molecular weight is 439 g/mol. The Balaban J connectivity index is 1.53. The summed E-state index contributed by atoms with van der Waals surface area (Å²) in [7, 11) is 3.13. The van der Waals surface area contributed by atoms with Gasteiger partial charge in [-0.15, -0.1) is 0 Å². The van der Waals surface area contributed by atoms with E-state index in [0.29, 0.717) is 40.1 Å². The first kappa shape index (κ1) is 22.1. The molecule has 3 rings (SSSR count). The lowest BCUT2D eigenvalue weighted by molar-refractivity contribution is 0.0942. The maximum atomic E-state index is 12.4. The average Bonchev–Trinajstić information content (AvgIpc) is 2.81. The van der Waals surface area contributed by atoms with Crippen molar-refractivity contribution in [2.24, 2.45) is 0 Å². The first-order valence-electron chi connectivity index (χ1n) is 9.45. The Bertz CT molecular complexity index is 1050. The molecule has 0 heterocycles. The normalized spacial score (nSPS) is 10.2. The largest absolute Gasteiger partial charge is 0.493 e. The van der Waals surface area contributed by atoms with E-state index < -0.39 is 0 Å². The van der Waals surface area contributed by atoms with E-state index in [1.807, 2.05) is 30.3 Å². The Morgan fingerprint density at radius 2 is 1.52 bits per heavy atom. The zero-order chi connectivity index (χ0) is 22.2. The van der Waals surface area contributed by atoms with Crippen molar-refractivity contribution in [1.82, 2.24) is 10.9 Å². The summed E-state index contributed by atoms with van der Waals surface area (Å²) < 4.78 is 16.2. The summed E-state index contributed by atoms with van der Waals surface area (Å²) in [6, 6.07) is 19.7. The van der Waals surface area contributed by atoms with Crippen LogP contribution in [0.4, 0.5) is 0 Å². The molecular formula is C24H23ClN2O4. The van der Waals surface area contributed by atoms with Crippen LogP contribution < -0.4 is 25.1 Å². The van der Waals surface area contributed by atoms with E-state index in [2.05, 4.69) is 17.4 Å². The molecule has 3 aromatic rings. The summed E-state index contributed by atoms with van der Waals surface area (Å²) in [5.74, 6) is 1.55. The Kier molecular flexibility index (Phi) is 7.40. The van der Waals surface area contributed by atoms with Crippen molar-refractivity contribution in [2.75, 3.05) is 14.2 Å². The second-order valence-corrected chi connectivity index (χ2v) is 7.00. The third kappa shape index (κ3) is 5.93. The number of halogens is 1. The van der Waals surface area contributed by atoms with Crippen LogP contribution in [0.1, 0.15) is 21.5 Å². The fourth-order valence-corrected chi connectivity index (χ4v) is 2.88. The molecule has 0 fully saturated rings. The number of methoxy groups -OCH3 is 2. The first-order valence-corrected chi connectivity index (χ1v) is 9.83. The molecule has 0 aromatic heterocycles. The van der Waals surface area contributed by atoms with Crippen molar-refractivity contribution in [3.63, 3.8) is 0 Å². The van der Waals surface area contributed by atoms with Crippen LogP contribution in [0.15, 0.2) is 73.3 Å². The van der Waals surface area contributed by atoms with Gasteiger partial charge in [-0.25, -0.2) is 0 Å². The quantitative estimate of drug-likeness (QED) is 0.468. The highest BCUT2D eigenvalue weighted by atomic mass is 35.5. The van der Waals surface area contributed by atoms with Gasteiger partial charge in [-0.05, 0) is 60.2 Å². The van der Waals surface area contributed by atoms with E-state index in [1.54, 1.807) is 50.6 Å². The number of benzene rings is 3. The number of amides is 1.